The Labute approximate surface area is 215 Å². The molecule has 0 radical (unpaired) electrons. The highest BCUT2D eigenvalue weighted by atomic mass is 32.2. The number of hydrogen-bond donors (Lipinski definition) is 1. The summed E-state index contributed by atoms with van der Waals surface area (Å²) >= 11 is 1.31. The normalized spacial score (nSPS) is 12.0. The predicted octanol–water partition coefficient (Wildman–Crippen LogP) is 6.04. The summed E-state index contributed by atoms with van der Waals surface area (Å²) in [7, 11) is 0. The minimum atomic E-state index is -0.239. The van der Waals surface area contributed by atoms with E-state index in [0.29, 0.717) is 10.9 Å². The molecule has 0 aliphatic rings. The van der Waals surface area contributed by atoms with Gasteiger partial charge in [-0.15, -0.1) is 10.2 Å². The molecule has 2 aromatic carbocycles. The van der Waals surface area contributed by atoms with Gasteiger partial charge < -0.3 is 4.42 Å². The molecule has 7 nitrogen and oxygen atoms in total. The van der Waals surface area contributed by atoms with Crippen molar-refractivity contribution >= 4 is 30.0 Å². The largest absolute Gasteiger partial charge is 0.465 e. The number of benzene rings is 2. The van der Waals surface area contributed by atoms with Crippen LogP contribution in [0.3, 0.4) is 0 Å². The number of allylic oxidation sites excluding steroid dienone is 1. The zero-order valence-corrected chi connectivity index (χ0v) is 21.6. The first-order chi connectivity index (χ1) is 17.3. The second-order valence-electron chi connectivity index (χ2n) is 9.28. The highest BCUT2D eigenvalue weighted by molar-refractivity contribution is 7.99. The summed E-state index contributed by atoms with van der Waals surface area (Å²) in [5, 5.41) is 13.5. The fourth-order valence-electron chi connectivity index (χ4n) is 3.43. The van der Waals surface area contributed by atoms with Gasteiger partial charge in [0.25, 0.3) is 5.91 Å². The minimum absolute atomic E-state index is 0.0641. The number of carbonyl (C=O) groups excluding carboxylic acids is 1. The summed E-state index contributed by atoms with van der Waals surface area (Å²) < 4.78 is 7.19. The predicted molar refractivity (Wildman–Crippen MR) is 145 cm³/mol. The number of aryl methyl sites for hydroxylation is 1. The van der Waals surface area contributed by atoms with E-state index in [1.54, 1.807) is 24.5 Å². The van der Waals surface area contributed by atoms with Gasteiger partial charge in [0.05, 0.1) is 12.0 Å². The molecule has 8 heteroatoms. The van der Waals surface area contributed by atoms with Crippen LogP contribution in [0.2, 0.25) is 0 Å². The number of hydrazone groups is 1. The Morgan fingerprint density at radius 2 is 1.83 bits per heavy atom. The number of nitrogens with zero attached hydrogens (tertiary/aromatic N) is 4. The third-order valence-electron chi connectivity index (χ3n) is 5.42. The minimum Gasteiger partial charge on any atom is -0.465 e. The summed E-state index contributed by atoms with van der Waals surface area (Å²) in [6.45, 7) is 8.62. The van der Waals surface area contributed by atoms with E-state index in [2.05, 4.69) is 65.8 Å². The van der Waals surface area contributed by atoms with E-state index in [9.17, 15) is 4.79 Å². The van der Waals surface area contributed by atoms with E-state index in [-0.39, 0.29) is 17.1 Å². The molecule has 4 rings (SSSR count). The van der Waals surface area contributed by atoms with Gasteiger partial charge in [-0.3, -0.25) is 9.36 Å². The molecule has 1 N–H and O–H groups in total. The summed E-state index contributed by atoms with van der Waals surface area (Å²) in [6.07, 6.45) is 6.54. The van der Waals surface area contributed by atoms with E-state index in [4.69, 9.17) is 4.42 Å². The maximum absolute atomic E-state index is 12.4. The molecular formula is C28H29N5O2S. The zero-order chi connectivity index (χ0) is 25.5. The van der Waals surface area contributed by atoms with Crippen LogP contribution in [-0.2, 0) is 10.2 Å². The van der Waals surface area contributed by atoms with Gasteiger partial charge in [-0.2, -0.15) is 5.10 Å². The van der Waals surface area contributed by atoms with E-state index < -0.39 is 0 Å². The number of aromatic nitrogens is 3. The van der Waals surface area contributed by atoms with Crippen molar-refractivity contribution in [1.29, 1.82) is 0 Å². The molecule has 2 heterocycles. The Morgan fingerprint density at radius 3 is 2.50 bits per heavy atom. The van der Waals surface area contributed by atoms with Crippen LogP contribution in [0.15, 0.2) is 87.7 Å². The molecule has 0 saturated heterocycles. The third-order valence-corrected chi connectivity index (χ3v) is 6.35. The maximum atomic E-state index is 12.4. The van der Waals surface area contributed by atoms with E-state index >= 15 is 0 Å². The van der Waals surface area contributed by atoms with Gasteiger partial charge in [0.15, 0.2) is 11.0 Å². The lowest BCUT2D eigenvalue weighted by molar-refractivity contribution is -0.118. The standard InChI is InChI=1S/C28H29N5O2S/c1-20-9-15-23(16-10-20)33-26(21-11-13-22(14-12-21)28(2,3)4)31-32-27(33)36-19-25(34)30-29-17-5-7-24-8-6-18-35-24/h5-18H,19H2,1-4H3,(H,30,34). The zero-order valence-electron chi connectivity index (χ0n) is 20.8. The van der Waals surface area contributed by atoms with Crippen molar-refractivity contribution < 1.29 is 9.21 Å². The van der Waals surface area contributed by atoms with Crippen molar-refractivity contribution in [3.05, 3.63) is 89.9 Å². The number of rotatable bonds is 8. The molecule has 0 spiro atoms. The van der Waals surface area contributed by atoms with Gasteiger partial charge in [0.2, 0.25) is 0 Å². The van der Waals surface area contributed by atoms with Crippen molar-refractivity contribution in [2.45, 2.75) is 38.3 Å². The number of nitrogens with one attached hydrogen (secondary N) is 1. The monoisotopic (exact) mass is 499 g/mol. The molecule has 0 atom stereocenters. The van der Waals surface area contributed by atoms with Crippen LogP contribution in [0.25, 0.3) is 23.2 Å². The molecule has 0 unspecified atom stereocenters. The molecule has 2 aromatic heterocycles. The first-order valence-electron chi connectivity index (χ1n) is 11.6. The second-order valence-corrected chi connectivity index (χ2v) is 10.2. The van der Waals surface area contributed by atoms with Crippen LogP contribution in [0, 0.1) is 6.92 Å². The van der Waals surface area contributed by atoms with Crippen molar-refractivity contribution in [2.24, 2.45) is 5.10 Å². The van der Waals surface area contributed by atoms with Crippen LogP contribution < -0.4 is 5.43 Å². The fraction of sp³-hybridized carbons (Fsp3) is 0.214. The molecule has 0 saturated carbocycles. The molecule has 0 fully saturated rings. The Kier molecular flexibility index (Phi) is 7.85. The maximum Gasteiger partial charge on any atom is 0.250 e. The van der Waals surface area contributed by atoms with E-state index in [1.807, 2.05) is 41.8 Å². The molecule has 1 amide bonds. The lowest BCUT2D eigenvalue weighted by Gasteiger charge is -2.19. The summed E-state index contributed by atoms with van der Waals surface area (Å²) in [4.78, 5) is 12.4. The average molecular weight is 500 g/mol. The first-order valence-corrected chi connectivity index (χ1v) is 12.6. The smallest absolute Gasteiger partial charge is 0.250 e. The Bertz CT molecular complexity index is 1350. The van der Waals surface area contributed by atoms with Gasteiger partial charge in [-0.05, 0) is 54.3 Å². The van der Waals surface area contributed by atoms with Crippen LogP contribution in [-0.4, -0.2) is 32.6 Å². The van der Waals surface area contributed by atoms with Crippen LogP contribution >= 0.6 is 11.8 Å². The molecule has 4 aromatic rings. The molecular weight excluding hydrogens is 470 g/mol. The molecule has 0 aliphatic heterocycles. The lowest BCUT2D eigenvalue weighted by Crippen LogP contribution is -2.19. The van der Waals surface area contributed by atoms with Crippen molar-refractivity contribution in [1.82, 2.24) is 20.2 Å². The third kappa shape index (κ3) is 6.40. The second kappa shape index (κ2) is 11.2. The number of furan rings is 1. The summed E-state index contributed by atoms with van der Waals surface area (Å²) in [6, 6.07) is 20.2. The number of amides is 1. The summed E-state index contributed by atoms with van der Waals surface area (Å²) in [5.41, 5.74) is 6.90. The van der Waals surface area contributed by atoms with Crippen LogP contribution in [0.4, 0.5) is 0 Å². The lowest BCUT2D eigenvalue weighted by atomic mass is 9.87. The topological polar surface area (TPSA) is 85.3 Å². The van der Waals surface area contributed by atoms with Gasteiger partial charge >= 0.3 is 0 Å². The van der Waals surface area contributed by atoms with Gasteiger partial charge in [0.1, 0.15) is 5.76 Å². The quantitative estimate of drug-likeness (QED) is 0.181. The van der Waals surface area contributed by atoms with Crippen molar-refractivity contribution in [3.8, 4) is 17.1 Å². The Hall–Kier alpha value is -3.91. The SMILES string of the molecule is Cc1ccc(-n2c(SCC(=O)NN=CC=Cc3ccco3)nnc2-c2ccc(C(C)(C)C)cc2)cc1. The number of thioether (sulfide) groups is 1. The average Bonchev–Trinajstić information content (AvgIpc) is 3.53. The van der Waals surface area contributed by atoms with Gasteiger partial charge in [0, 0.05) is 17.5 Å². The Morgan fingerprint density at radius 1 is 1.08 bits per heavy atom. The highest BCUT2D eigenvalue weighted by Crippen LogP contribution is 2.30. The molecule has 0 aliphatic carbocycles. The number of hydrogen-bond acceptors (Lipinski definition) is 6. The first kappa shape index (κ1) is 25.2. The summed E-state index contributed by atoms with van der Waals surface area (Å²) in [5.74, 6) is 1.34. The Balaban J connectivity index is 1.50. The van der Waals surface area contributed by atoms with Crippen LogP contribution in [0.1, 0.15) is 37.7 Å². The molecule has 184 valence electrons. The van der Waals surface area contributed by atoms with Gasteiger partial charge in [-0.25, -0.2) is 5.43 Å². The highest BCUT2D eigenvalue weighted by Gasteiger charge is 2.19. The molecule has 36 heavy (non-hydrogen) atoms. The van der Waals surface area contributed by atoms with Crippen molar-refractivity contribution in [2.75, 3.05) is 5.75 Å². The number of carbonyl (C=O) groups is 1. The van der Waals surface area contributed by atoms with Crippen molar-refractivity contribution in [3.63, 3.8) is 0 Å². The molecule has 0 bridgehead atoms. The van der Waals surface area contributed by atoms with E-state index in [0.717, 1.165) is 22.6 Å². The van der Waals surface area contributed by atoms with Crippen LogP contribution in [0.5, 0.6) is 0 Å². The van der Waals surface area contributed by atoms with E-state index in [1.165, 1.54) is 23.5 Å². The van der Waals surface area contributed by atoms with Gasteiger partial charge in [-0.1, -0.05) is 74.5 Å². The fourth-order valence-corrected chi connectivity index (χ4v) is 4.18.